The van der Waals surface area contributed by atoms with Crippen molar-refractivity contribution in [2.24, 2.45) is 0 Å². The van der Waals surface area contributed by atoms with Gasteiger partial charge in [0.2, 0.25) is 5.95 Å². The Bertz CT molecular complexity index is 2340. The second-order valence-corrected chi connectivity index (χ2v) is 14.2. The number of benzene rings is 3. The maximum absolute atomic E-state index is 14.3. The van der Waals surface area contributed by atoms with E-state index in [2.05, 4.69) is 42.5 Å². The maximum atomic E-state index is 14.3. The zero-order valence-corrected chi connectivity index (χ0v) is 31.7. The summed E-state index contributed by atoms with van der Waals surface area (Å²) in [5, 5.41) is 5.73. The number of fused-ring (bicyclic) bond motifs is 1. The van der Waals surface area contributed by atoms with Crippen molar-refractivity contribution in [1.29, 1.82) is 0 Å². The molecule has 3 aromatic heterocycles. The van der Waals surface area contributed by atoms with Gasteiger partial charge in [0.15, 0.2) is 0 Å². The molecule has 0 atom stereocenters. The molecule has 294 valence electrons. The Kier molecular flexibility index (Phi) is 11.3. The number of anilines is 4. The van der Waals surface area contributed by atoms with E-state index in [1.807, 2.05) is 47.9 Å². The maximum Gasteiger partial charge on any atom is 0.255 e. The molecule has 2 N–H and O–H groups in total. The van der Waals surface area contributed by atoms with Crippen LogP contribution in [0.2, 0.25) is 0 Å². The van der Waals surface area contributed by atoms with Crippen LogP contribution in [0, 0.1) is 11.6 Å². The molecule has 6 aromatic rings. The lowest BCUT2D eigenvalue weighted by Gasteiger charge is -2.43. The summed E-state index contributed by atoms with van der Waals surface area (Å²) in [5.74, 6) is -1.36. The number of carbonyl (C=O) groups excluding carboxylic acids is 1. The molecule has 0 radical (unpaired) electrons. The molecule has 0 saturated carbocycles. The number of nitrogens with zero attached hydrogens (tertiary/aromatic N) is 7. The average molecular weight is 776 g/mol. The number of para-hydroxylation sites is 1. The van der Waals surface area contributed by atoms with E-state index in [0.29, 0.717) is 59.2 Å². The standard InChI is InChI=1S/C43H44F3N9O2/c1-2-57-37-28-32(53-20-15-31(16-21-53)54-25-23-52(22-17-44)24-26-54)12-13-35(37)48-43-47-18-14-36(49-43)41-39(50-38-11-3-4-19-55(38)41)29-7-5-8-30(27-29)42(56)51-40-33(45)9-6-10-34(40)46/h3-14,18-19,27-28,31H,2,15-17,20-26H2,1H3,(H,51,56)(H,47,48,49). The average Bonchev–Trinajstić information content (AvgIpc) is 3.63. The van der Waals surface area contributed by atoms with E-state index in [-0.39, 0.29) is 12.2 Å². The van der Waals surface area contributed by atoms with E-state index in [4.69, 9.17) is 14.7 Å². The van der Waals surface area contributed by atoms with Crippen molar-refractivity contribution in [3.8, 4) is 28.4 Å². The van der Waals surface area contributed by atoms with Crippen LogP contribution in [0.4, 0.5) is 36.2 Å². The molecular weight excluding hydrogens is 732 g/mol. The quantitative estimate of drug-likeness (QED) is 0.130. The van der Waals surface area contributed by atoms with Crippen LogP contribution in [-0.4, -0.2) is 100 Å². The summed E-state index contributed by atoms with van der Waals surface area (Å²) in [6.45, 7) is 8.42. The van der Waals surface area contributed by atoms with Gasteiger partial charge in [0, 0.05) is 87.1 Å². The van der Waals surface area contributed by atoms with E-state index < -0.39 is 23.2 Å². The Morgan fingerprint density at radius 3 is 2.44 bits per heavy atom. The lowest BCUT2D eigenvalue weighted by Crippen LogP contribution is -2.53. The Morgan fingerprint density at radius 1 is 0.877 bits per heavy atom. The third kappa shape index (κ3) is 8.28. The van der Waals surface area contributed by atoms with Crippen LogP contribution in [0.1, 0.15) is 30.1 Å². The van der Waals surface area contributed by atoms with Gasteiger partial charge in [-0.05, 0) is 74.4 Å². The highest BCUT2D eigenvalue weighted by atomic mass is 19.1. The third-order valence-electron chi connectivity index (χ3n) is 10.7. The summed E-state index contributed by atoms with van der Waals surface area (Å²) >= 11 is 0. The molecule has 2 fully saturated rings. The topological polar surface area (TPSA) is 103 Å². The predicted molar refractivity (Wildman–Crippen MR) is 216 cm³/mol. The van der Waals surface area contributed by atoms with Crippen molar-refractivity contribution in [3.05, 3.63) is 115 Å². The minimum atomic E-state index is -0.867. The van der Waals surface area contributed by atoms with Crippen molar-refractivity contribution in [2.45, 2.75) is 25.8 Å². The molecule has 8 rings (SSSR count). The number of ether oxygens (including phenoxy) is 1. The molecule has 2 aliphatic heterocycles. The van der Waals surface area contributed by atoms with Crippen LogP contribution in [0.25, 0.3) is 28.3 Å². The number of imidazole rings is 1. The first-order valence-corrected chi connectivity index (χ1v) is 19.4. The molecule has 0 spiro atoms. The zero-order valence-electron chi connectivity index (χ0n) is 31.7. The summed E-state index contributed by atoms with van der Waals surface area (Å²) in [5.41, 5.74) is 4.57. The summed E-state index contributed by atoms with van der Waals surface area (Å²) in [6, 6.07) is 24.3. The first-order chi connectivity index (χ1) is 27.9. The van der Waals surface area contributed by atoms with Crippen LogP contribution in [0.15, 0.2) is 97.3 Å². The first kappa shape index (κ1) is 37.9. The zero-order chi connectivity index (χ0) is 39.3. The number of alkyl halides is 1. The predicted octanol–water partition coefficient (Wildman–Crippen LogP) is 7.69. The number of piperidine rings is 1. The minimum absolute atomic E-state index is 0.198. The van der Waals surface area contributed by atoms with Gasteiger partial charge in [-0.3, -0.25) is 19.0 Å². The summed E-state index contributed by atoms with van der Waals surface area (Å²) in [6.07, 6.45) is 5.70. The molecule has 0 unspecified atom stereocenters. The van der Waals surface area contributed by atoms with Crippen molar-refractivity contribution in [1.82, 2.24) is 29.2 Å². The lowest BCUT2D eigenvalue weighted by atomic mass is 10.0. The number of piperazine rings is 1. The second-order valence-electron chi connectivity index (χ2n) is 14.2. The fraction of sp³-hybridized carbons (Fsp3) is 0.302. The molecule has 5 heterocycles. The van der Waals surface area contributed by atoms with Gasteiger partial charge in [-0.2, -0.15) is 0 Å². The normalized spacial score (nSPS) is 15.5. The highest BCUT2D eigenvalue weighted by molar-refractivity contribution is 6.05. The van der Waals surface area contributed by atoms with Crippen LogP contribution in [-0.2, 0) is 0 Å². The Balaban J connectivity index is 1.02. The molecule has 57 heavy (non-hydrogen) atoms. The molecule has 1 amide bonds. The van der Waals surface area contributed by atoms with E-state index in [0.717, 1.165) is 75.6 Å². The van der Waals surface area contributed by atoms with Crippen molar-refractivity contribution in [2.75, 3.05) is 74.6 Å². The smallest absolute Gasteiger partial charge is 0.255 e. The van der Waals surface area contributed by atoms with E-state index >= 15 is 0 Å². The number of amides is 1. The molecular formula is C43H44F3N9O2. The van der Waals surface area contributed by atoms with Gasteiger partial charge in [0.05, 0.1) is 29.4 Å². The van der Waals surface area contributed by atoms with E-state index in [9.17, 15) is 18.0 Å². The number of hydrogen-bond acceptors (Lipinski definition) is 9. The molecule has 3 aromatic carbocycles. The van der Waals surface area contributed by atoms with Crippen LogP contribution < -0.4 is 20.3 Å². The number of pyridine rings is 1. The first-order valence-electron chi connectivity index (χ1n) is 19.4. The number of halogens is 3. The third-order valence-corrected chi connectivity index (χ3v) is 10.7. The monoisotopic (exact) mass is 775 g/mol. The molecule has 2 saturated heterocycles. The fourth-order valence-electron chi connectivity index (χ4n) is 7.77. The number of aromatic nitrogens is 4. The van der Waals surface area contributed by atoms with Gasteiger partial charge in [-0.15, -0.1) is 0 Å². The van der Waals surface area contributed by atoms with Crippen LogP contribution in [0.3, 0.4) is 0 Å². The van der Waals surface area contributed by atoms with Crippen LogP contribution >= 0.6 is 0 Å². The van der Waals surface area contributed by atoms with Gasteiger partial charge in [-0.25, -0.2) is 28.1 Å². The Hall–Kier alpha value is -5.99. The lowest BCUT2D eigenvalue weighted by molar-refractivity contribution is 0.0816. The fourth-order valence-corrected chi connectivity index (χ4v) is 7.77. The summed E-state index contributed by atoms with van der Waals surface area (Å²) < 4.78 is 49.5. The number of nitrogens with one attached hydrogen (secondary N) is 2. The second kappa shape index (κ2) is 17.0. The molecule has 0 bridgehead atoms. The highest BCUT2D eigenvalue weighted by Crippen LogP contribution is 2.36. The summed E-state index contributed by atoms with van der Waals surface area (Å²) in [7, 11) is 0. The van der Waals surface area contributed by atoms with E-state index in [1.165, 1.54) is 6.07 Å². The Labute approximate surface area is 329 Å². The van der Waals surface area contributed by atoms with Crippen molar-refractivity contribution in [3.63, 3.8) is 0 Å². The molecule has 11 nitrogen and oxygen atoms in total. The largest absolute Gasteiger partial charge is 0.492 e. The SMILES string of the molecule is CCOc1cc(N2CCC(N3CCN(CCF)CC3)CC2)ccc1Nc1nccc(-c2c(-c3cccc(C(=O)Nc4c(F)cccc4F)c3)nc3ccccn23)n1. The number of rotatable bonds is 12. The molecule has 0 aliphatic carbocycles. The highest BCUT2D eigenvalue weighted by Gasteiger charge is 2.28. The van der Waals surface area contributed by atoms with Crippen LogP contribution in [0.5, 0.6) is 5.75 Å². The van der Waals surface area contributed by atoms with Gasteiger partial charge in [-0.1, -0.05) is 24.3 Å². The Morgan fingerprint density at radius 2 is 1.67 bits per heavy atom. The number of hydrogen-bond donors (Lipinski definition) is 2. The molecule has 2 aliphatic rings. The number of carbonyl (C=O) groups is 1. The molecule has 14 heteroatoms. The van der Waals surface area contributed by atoms with Crippen molar-refractivity contribution < 1.29 is 22.7 Å². The van der Waals surface area contributed by atoms with Gasteiger partial charge in [0.1, 0.15) is 35.4 Å². The van der Waals surface area contributed by atoms with Crippen molar-refractivity contribution >= 4 is 34.6 Å². The van der Waals surface area contributed by atoms with Gasteiger partial charge in [0.25, 0.3) is 5.91 Å². The summed E-state index contributed by atoms with van der Waals surface area (Å²) in [4.78, 5) is 34.8. The minimum Gasteiger partial charge on any atom is -0.492 e. The van der Waals surface area contributed by atoms with Gasteiger partial charge < -0.3 is 20.3 Å². The van der Waals surface area contributed by atoms with E-state index in [1.54, 1.807) is 30.5 Å². The van der Waals surface area contributed by atoms with Gasteiger partial charge >= 0.3 is 0 Å².